The predicted octanol–water partition coefficient (Wildman–Crippen LogP) is 7.94. The molecule has 1 aromatic heterocycles. The van der Waals surface area contributed by atoms with Gasteiger partial charge in [0.05, 0.1) is 48.9 Å². The van der Waals surface area contributed by atoms with Gasteiger partial charge in [-0.05, 0) is 82.9 Å². The number of rotatable bonds is 19. The number of carbonyl (C=O) groups is 1. The Morgan fingerprint density at radius 2 is 1.56 bits per heavy atom. The molecule has 0 aliphatic carbocycles. The van der Waals surface area contributed by atoms with E-state index in [1.165, 1.54) is 18.2 Å². The molecule has 3 aliphatic rings. The first-order chi connectivity index (χ1) is 30.5. The largest absolute Gasteiger partial charge is 0.492 e. The van der Waals surface area contributed by atoms with E-state index in [2.05, 4.69) is 60.6 Å². The summed E-state index contributed by atoms with van der Waals surface area (Å²) < 4.78 is 61.3. The van der Waals surface area contributed by atoms with Gasteiger partial charge in [-0.15, -0.1) is 4.73 Å². The summed E-state index contributed by atoms with van der Waals surface area (Å²) in [5.74, 6) is -0.00820. The van der Waals surface area contributed by atoms with Crippen LogP contribution in [-0.4, -0.2) is 103 Å². The van der Waals surface area contributed by atoms with Crippen LogP contribution in [0.25, 0.3) is 16.9 Å². The number of fused-ring (bicyclic) bond motifs is 3. The van der Waals surface area contributed by atoms with Gasteiger partial charge in [0, 0.05) is 84.8 Å². The maximum atomic E-state index is 12.6. The molecular weight excluding hydrogens is 839 g/mol. The average Bonchev–Trinajstić information content (AvgIpc) is 3.67. The zero-order valence-electron chi connectivity index (χ0n) is 37.3. The van der Waals surface area contributed by atoms with E-state index in [0.717, 1.165) is 50.5 Å². The Bertz CT molecular complexity index is 2600. The van der Waals surface area contributed by atoms with Crippen LogP contribution in [0.15, 0.2) is 95.9 Å². The number of hydrogen-bond donors (Lipinski definition) is 3. The highest BCUT2D eigenvalue weighted by Crippen LogP contribution is 2.48. The lowest BCUT2D eigenvalue weighted by Crippen LogP contribution is -2.47. The first-order valence-corrected chi connectivity index (χ1v) is 23.0. The quantitative estimate of drug-likeness (QED) is 0.0473. The molecule has 0 saturated carbocycles. The molecule has 4 aromatic rings. The molecule has 7 rings (SSSR count). The Balaban J connectivity index is 1.24. The second-order valence-corrected chi connectivity index (χ2v) is 18.6. The maximum absolute atomic E-state index is 12.6. The van der Waals surface area contributed by atoms with Gasteiger partial charge in [-0.3, -0.25) is 4.55 Å². The van der Waals surface area contributed by atoms with E-state index in [1.54, 1.807) is 19.2 Å². The van der Waals surface area contributed by atoms with Crippen molar-refractivity contribution in [3.63, 3.8) is 0 Å². The van der Waals surface area contributed by atoms with Crippen molar-refractivity contribution in [3.8, 4) is 17.5 Å². The molecule has 3 N–H and O–H groups in total. The number of ether oxygens (including phenoxy) is 4. The van der Waals surface area contributed by atoms with Crippen LogP contribution in [0.1, 0.15) is 82.6 Å². The summed E-state index contributed by atoms with van der Waals surface area (Å²) in [6, 6.07) is 21.4. The third-order valence-electron chi connectivity index (χ3n) is 11.9. The first-order valence-electron chi connectivity index (χ1n) is 21.5. The van der Waals surface area contributed by atoms with Crippen molar-refractivity contribution in [2.75, 3.05) is 58.1 Å². The Labute approximate surface area is 375 Å². The lowest BCUT2D eigenvalue weighted by Gasteiger charge is -2.44. The molecule has 3 aliphatic heterocycles. The molecule has 0 radical (unpaired) electrons. The van der Waals surface area contributed by atoms with Gasteiger partial charge in [0.1, 0.15) is 18.1 Å². The minimum absolute atomic E-state index is 0.0609. The van der Waals surface area contributed by atoms with Crippen LogP contribution in [0.5, 0.6) is 17.5 Å². The van der Waals surface area contributed by atoms with Gasteiger partial charge in [0.2, 0.25) is 17.4 Å². The smallest absolute Gasteiger partial charge is 0.333 e. The van der Waals surface area contributed by atoms with Crippen molar-refractivity contribution in [3.05, 3.63) is 113 Å². The Hall–Kier alpha value is -5.71. The zero-order chi connectivity index (χ0) is 45.8. The standard InChI is InChI=1S/C49H57N3O11S/c1-33-32-48(2,3)51(21-22-60-25-26-61-24-23-59-6)41-31-43-38(30-37(33)41)35(27-42(62-43)34-13-9-7-10-14-34)28-44-49(4,5)39-29-36(64(56,57)58)16-17-40(39)50(44)20-12-8-11-15-47(55)63-52-45(53)18-19-46(52)54/h7,9-10,13-14,16-19,27-32H,8,11-12,15,20-26H2,1-6H3,(H2-,53,54,56,57,58)/p+1. The van der Waals surface area contributed by atoms with E-state index < -0.39 is 21.5 Å². The van der Waals surface area contributed by atoms with Crippen molar-refractivity contribution in [1.29, 1.82) is 0 Å². The minimum atomic E-state index is -4.49. The van der Waals surface area contributed by atoms with E-state index in [1.807, 2.05) is 44.2 Å². The number of hydrogen-bond acceptors (Lipinski definition) is 11. The van der Waals surface area contributed by atoms with Crippen LogP contribution in [-0.2, 0) is 34.5 Å². The topological polar surface area (TPSA) is 169 Å². The molecule has 0 amide bonds. The molecule has 0 atom stereocenters. The number of benzene rings is 3. The molecule has 340 valence electrons. The molecule has 14 nitrogen and oxygen atoms in total. The van der Waals surface area contributed by atoms with E-state index >= 15 is 0 Å². The third kappa shape index (κ3) is 9.98. The van der Waals surface area contributed by atoms with Gasteiger partial charge in [-0.2, -0.15) is 13.0 Å². The van der Waals surface area contributed by atoms with Crippen LogP contribution < -0.4 is 14.5 Å². The highest BCUT2D eigenvalue weighted by molar-refractivity contribution is 7.85. The number of nitrogens with zero attached hydrogens (tertiary/aromatic N) is 3. The van der Waals surface area contributed by atoms with Crippen molar-refractivity contribution < 1.29 is 56.3 Å². The Morgan fingerprint density at radius 3 is 2.27 bits per heavy atom. The van der Waals surface area contributed by atoms with Crippen LogP contribution in [0.4, 0.5) is 11.4 Å². The number of aromatic nitrogens is 1. The first kappa shape index (κ1) is 46.3. The lowest BCUT2D eigenvalue weighted by atomic mass is 9.80. The summed E-state index contributed by atoms with van der Waals surface area (Å²) in [6.45, 7) is 14.3. The average molecular weight is 897 g/mol. The summed E-state index contributed by atoms with van der Waals surface area (Å²) >= 11 is 0. The molecule has 0 bridgehead atoms. The number of allylic oxidation sites excluding steroid dienone is 4. The monoisotopic (exact) mass is 896 g/mol. The fourth-order valence-electron chi connectivity index (χ4n) is 8.70. The summed E-state index contributed by atoms with van der Waals surface area (Å²) in [5, 5.41) is 19.7. The number of unbranched alkanes of at least 4 members (excludes halogenated alkanes) is 2. The van der Waals surface area contributed by atoms with Gasteiger partial charge >= 0.3 is 5.97 Å². The molecule has 3 aromatic carbocycles. The second-order valence-electron chi connectivity index (χ2n) is 17.2. The van der Waals surface area contributed by atoms with Crippen molar-refractivity contribution in [2.24, 2.45) is 0 Å². The second kappa shape index (κ2) is 19.2. The van der Waals surface area contributed by atoms with E-state index in [-0.39, 0.29) is 28.6 Å². The SMILES string of the molecule is COCCOCCOCCN1c2cc3c(cc2C(C)=CC1(C)C)C(=CC1=[N+](CCCCCC(=O)On2c(O)ccc2O)c2ccc(S(=O)(=O)O)cc2C1(C)C)C=C(c1ccccc1)O3. The third-order valence-corrected chi connectivity index (χ3v) is 12.8. The van der Waals surface area contributed by atoms with Gasteiger partial charge < -0.3 is 38.9 Å². The number of aromatic hydroxyl groups is 2. The fourth-order valence-corrected chi connectivity index (χ4v) is 9.20. The zero-order valence-corrected chi connectivity index (χ0v) is 38.1. The fraction of sp³-hybridized carbons (Fsp3) is 0.388. The van der Waals surface area contributed by atoms with E-state index in [9.17, 15) is 28.0 Å². The van der Waals surface area contributed by atoms with Crippen LogP contribution in [0.2, 0.25) is 0 Å². The molecule has 15 heteroatoms. The normalized spacial score (nSPS) is 16.8. The number of carbonyl (C=O) groups excluding carboxylic acids is 1. The minimum Gasteiger partial charge on any atom is -0.492 e. The number of anilines is 1. The van der Waals surface area contributed by atoms with E-state index in [4.69, 9.17) is 23.8 Å². The van der Waals surface area contributed by atoms with Crippen molar-refractivity contribution >= 4 is 50.1 Å². The van der Waals surface area contributed by atoms with Gasteiger partial charge in [0.15, 0.2) is 5.71 Å². The predicted molar refractivity (Wildman–Crippen MR) is 245 cm³/mol. The van der Waals surface area contributed by atoms with E-state index in [0.29, 0.717) is 81.6 Å². The molecule has 0 unspecified atom stereocenters. The number of methoxy groups -OCH3 is 1. The molecule has 0 saturated heterocycles. The summed E-state index contributed by atoms with van der Waals surface area (Å²) in [6.07, 6.45) is 8.34. The van der Waals surface area contributed by atoms with Gasteiger partial charge in [0.25, 0.3) is 10.1 Å². The highest BCUT2D eigenvalue weighted by Gasteiger charge is 2.45. The lowest BCUT2D eigenvalue weighted by molar-refractivity contribution is -0.438. The van der Waals surface area contributed by atoms with Gasteiger partial charge in [-0.1, -0.05) is 36.4 Å². The molecular formula is C49H58N3O11S+. The molecule has 0 spiro atoms. The highest BCUT2D eigenvalue weighted by atomic mass is 32.2. The molecule has 0 fully saturated rings. The Kier molecular flexibility index (Phi) is 13.9. The van der Waals surface area contributed by atoms with Crippen molar-refractivity contribution in [1.82, 2.24) is 4.73 Å². The van der Waals surface area contributed by atoms with Crippen LogP contribution in [0, 0.1) is 0 Å². The Morgan fingerprint density at radius 1 is 0.859 bits per heavy atom. The summed E-state index contributed by atoms with van der Waals surface area (Å²) in [4.78, 5) is 19.9. The van der Waals surface area contributed by atoms with Crippen LogP contribution >= 0.6 is 0 Å². The van der Waals surface area contributed by atoms with Crippen LogP contribution in [0.3, 0.4) is 0 Å². The molecule has 64 heavy (non-hydrogen) atoms. The maximum Gasteiger partial charge on any atom is 0.333 e. The van der Waals surface area contributed by atoms with Gasteiger partial charge in [-0.25, -0.2) is 4.79 Å². The molecule has 4 heterocycles. The summed E-state index contributed by atoms with van der Waals surface area (Å²) in [7, 11) is -2.84. The van der Waals surface area contributed by atoms with Crippen molar-refractivity contribution in [2.45, 2.75) is 76.2 Å². The summed E-state index contributed by atoms with van der Waals surface area (Å²) in [5.41, 5.74) is 7.37.